The Morgan fingerprint density at radius 3 is 2.50 bits per heavy atom. The Balaban J connectivity index is 1.67. The first kappa shape index (κ1) is 16.8. The van der Waals surface area contributed by atoms with Crippen LogP contribution in [0.1, 0.15) is 5.56 Å². The van der Waals surface area contributed by atoms with Gasteiger partial charge < -0.3 is 5.32 Å². The summed E-state index contributed by atoms with van der Waals surface area (Å²) in [5.74, 6) is 0.524. The molecule has 0 radical (unpaired) electrons. The average Bonchev–Trinajstić information content (AvgIpc) is 2.68. The number of aromatic nitrogens is 3. The lowest BCUT2D eigenvalue weighted by atomic mass is 10.1. The highest BCUT2D eigenvalue weighted by Crippen LogP contribution is 2.27. The van der Waals surface area contributed by atoms with Gasteiger partial charge in [-0.05, 0) is 23.8 Å². The fourth-order valence-electron chi connectivity index (χ4n) is 2.71. The minimum atomic E-state index is 0.328. The SMILES string of the molecule is Clc1cc2ccc(-c3ccccc3)nc2cc1CNc1nccnc1Cl. The number of fused-ring (bicyclic) bond motifs is 1. The van der Waals surface area contributed by atoms with E-state index in [0.717, 1.165) is 27.7 Å². The molecule has 4 aromatic rings. The van der Waals surface area contributed by atoms with Crippen molar-refractivity contribution in [3.63, 3.8) is 0 Å². The van der Waals surface area contributed by atoms with Crippen LogP contribution in [0.2, 0.25) is 10.2 Å². The minimum absolute atomic E-state index is 0.328. The largest absolute Gasteiger partial charge is 0.363 e. The van der Waals surface area contributed by atoms with E-state index in [4.69, 9.17) is 28.2 Å². The Kier molecular flexibility index (Phi) is 4.69. The number of rotatable bonds is 4. The lowest BCUT2D eigenvalue weighted by molar-refractivity contribution is 1.09. The molecule has 0 atom stereocenters. The monoisotopic (exact) mass is 380 g/mol. The molecule has 1 N–H and O–H groups in total. The van der Waals surface area contributed by atoms with E-state index in [9.17, 15) is 0 Å². The van der Waals surface area contributed by atoms with Crippen molar-refractivity contribution in [2.24, 2.45) is 0 Å². The molecule has 0 saturated carbocycles. The second-order valence-electron chi connectivity index (χ2n) is 5.75. The maximum atomic E-state index is 6.43. The summed E-state index contributed by atoms with van der Waals surface area (Å²) in [6.45, 7) is 0.477. The smallest absolute Gasteiger partial charge is 0.171 e. The van der Waals surface area contributed by atoms with Gasteiger partial charge in [0.25, 0.3) is 0 Å². The van der Waals surface area contributed by atoms with Crippen LogP contribution in [0.4, 0.5) is 5.82 Å². The maximum absolute atomic E-state index is 6.43. The molecule has 2 aromatic carbocycles. The van der Waals surface area contributed by atoms with Gasteiger partial charge in [-0.1, -0.05) is 59.6 Å². The van der Waals surface area contributed by atoms with Gasteiger partial charge in [-0.2, -0.15) is 0 Å². The summed E-state index contributed by atoms with van der Waals surface area (Å²) in [4.78, 5) is 13.0. The van der Waals surface area contributed by atoms with Crippen molar-refractivity contribution in [3.05, 3.63) is 82.7 Å². The first-order chi connectivity index (χ1) is 12.7. The lowest BCUT2D eigenvalue weighted by Gasteiger charge is -2.10. The summed E-state index contributed by atoms with van der Waals surface area (Å²) in [6.07, 6.45) is 3.13. The van der Waals surface area contributed by atoms with Gasteiger partial charge in [-0.15, -0.1) is 0 Å². The van der Waals surface area contributed by atoms with E-state index in [1.807, 2.05) is 54.6 Å². The second-order valence-corrected chi connectivity index (χ2v) is 6.51. The van der Waals surface area contributed by atoms with Crippen molar-refractivity contribution in [2.45, 2.75) is 6.54 Å². The number of hydrogen-bond acceptors (Lipinski definition) is 4. The average molecular weight is 381 g/mol. The van der Waals surface area contributed by atoms with E-state index in [1.54, 1.807) is 12.4 Å². The van der Waals surface area contributed by atoms with Crippen molar-refractivity contribution in [2.75, 3.05) is 5.32 Å². The summed E-state index contributed by atoms with van der Waals surface area (Å²) in [6, 6.07) is 18.0. The number of pyridine rings is 1. The van der Waals surface area contributed by atoms with Gasteiger partial charge in [-0.3, -0.25) is 0 Å². The number of benzene rings is 2. The third-order valence-corrected chi connectivity index (χ3v) is 4.66. The molecule has 0 bridgehead atoms. The highest BCUT2D eigenvalue weighted by Gasteiger charge is 2.08. The topological polar surface area (TPSA) is 50.7 Å². The summed E-state index contributed by atoms with van der Waals surface area (Å²) in [5, 5.41) is 5.15. The fourth-order valence-corrected chi connectivity index (χ4v) is 3.12. The van der Waals surface area contributed by atoms with Crippen LogP contribution in [-0.2, 0) is 6.54 Å². The molecule has 0 saturated heterocycles. The third-order valence-electron chi connectivity index (χ3n) is 4.03. The van der Waals surface area contributed by atoms with Crippen molar-refractivity contribution in [1.82, 2.24) is 15.0 Å². The van der Waals surface area contributed by atoms with E-state index < -0.39 is 0 Å². The predicted molar refractivity (Wildman–Crippen MR) is 107 cm³/mol. The molecule has 0 unspecified atom stereocenters. The first-order valence-electron chi connectivity index (χ1n) is 8.06. The number of anilines is 1. The Hall–Kier alpha value is -2.69. The van der Waals surface area contributed by atoms with Crippen LogP contribution in [-0.4, -0.2) is 15.0 Å². The molecule has 6 heteroatoms. The normalized spacial score (nSPS) is 10.8. The zero-order valence-electron chi connectivity index (χ0n) is 13.7. The zero-order chi connectivity index (χ0) is 17.9. The van der Waals surface area contributed by atoms with Crippen LogP contribution in [0.5, 0.6) is 0 Å². The summed E-state index contributed by atoms with van der Waals surface area (Å²) >= 11 is 12.5. The van der Waals surface area contributed by atoms with Crippen LogP contribution in [0.15, 0.2) is 67.0 Å². The fraction of sp³-hybridized carbons (Fsp3) is 0.0500. The van der Waals surface area contributed by atoms with Gasteiger partial charge in [-0.25, -0.2) is 15.0 Å². The van der Waals surface area contributed by atoms with E-state index in [0.29, 0.717) is 22.5 Å². The Labute approximate surface area is 160 Å². The van der Waals surface area contributed by atoms with Crippen LogP contribution < -0.4 is 5.32 Å². The molecule has 4 nitrogen and oxygen atoms in total. The lowest BCUT2D eigenvalue weighted by Crippen LogP contribution is -2.03. The van der Waals surface area contributed by atoms with Crippen LogP contribution in [0.25, 0.3) is 22.2 Å². The van der Waals surface area contributed by atoms with Crippen LogP contribution in [0.3, 0.4) is 0 Å². The number of hydrogen-bond donors (Lipinski definition) is 1. The zero-order valence-corrected chi connectivity index (χ0v) is 15.2. The van der Waals surface area contributed by atoms with E-state index in [2.05, 4.69) is 15.3 Å². The maximum Gasteiger partial charge on any atom is 0.171 e. The molecule has 2 heterocycles. The molecule has 0 amide bonds. The Bertz CT molecular complexity index is 1070. The molecule has 0 aliphatic carbocycles. The summed E-state index contributed by atoms with van der Waals surface area (Å²) < 4.78 is 0. The molecular formula is C20H14Cl2N4. The van der Waals surface area contributed by atoms with E-state index in [-0.39, 0.29) is 0 Å². The second kappa shape index (κ2) is 7.28. The molecular weight excluding hydrogens is 367 g/mol. The first-order valence-corrected chi connectivity index (χ1v) is 8.81. The van der Waals surface area contributed by atoms with E-state index in [1.165, 1.54) is 0 Å². The molecule has 26 heavy (non-hydrogen) atoms. The molecule has 0 aliphatic rings. The van der Waals surface area contributed by atoms with Gasteiger partial charge in [0.15, 0.2) is 11.0 Å². The van der Waals surface area contributed by atoms with Crippen molar-refractivity contribution >= 4 is 39.9 Å². The molecule has 0 aliphatic heterocycles. The quantitative estimate of drug-likeness (QED) is 0.499. The highest BCUT2D eigenvalue weighted by molar-refractivity contribution is 6.32. The molecule has 128 valence electrons. The number of halogens is 2. The van der Waals surface area contributed by atoms with Gasteiger partial charge in [0, 0.05) is 34.9 Å². The van der Waals surface area contributed by atoms with Crippen LogP contribution >= 0.6 is 23.2 Å². The predicted octanol–water partition coefficient (Wildman–Crippen LogP) is 5.61. The van der Waals surface area contributed by atoms with Gasteiger partial charge >= 0.3 is 0 Å². The van der Waals surface area contributed by atoms with Gasteiger partial charge in [0.05, 0.1) is 11.2 Å². The van der Waals surface area contributed by atoms with Crippen molar-refractivity contribution in [3.8, 4) is 11.3 Å². The van der Waals surface area contributed by atoms with Crippen molar-refractivity contribution < 1.29 is 0 Å². The summed E-state index contributed by atoms with van der Waals surface area (Å²) in [5.41, 5.74) is 3.81. The van der Waals surface area contributed by atoms with Crippen LogP contribution in [0, 0.1) is 0 Å². The minimum Gasteiger partial charge on any atom is -0.363 e. The highest BCUT2D eigenvalue weighted by atomic mass is 35.5. The van der Waals surface area contributed by atoms with Gasteiger partial charge in [0.1, 0.15) is 0 Å². The van der Waals surface area contributed by atoms with E-state index >= 15 is 0 Å². The number of nitrogens with one attached hydrogen (secondary N) is 1. The molecule has 0 fully saturated rings. The van der Waals surface area contributed by atoms with Gasteiger partial charge in [0.2, 0.25) is 0 Å². The number of nitrogens with zero attached hydrogens (tertiary/aromatic N) is 3. The summed E-state index contributed by atoms with van der Waals surface area (Å²) in [7, 11) is 0. The Morgan fingerprint density at radius 1 is 0.885 bits per heavy atom. The molecule has 4 rings (SSSR count). The standard InChI is InChI=1S/C20H14Cl2N4/c21-16-10-14-6-7-17(13-4-2-1-3-5-13)26-18(14)11-15(16)12-25-20-19(22)23-8-9-24-20/h1-11H,12H2,(H,24,25). The van der Waals surface area contributed by atoms with Crippen molar-refractivity contribution in [1.29, 1.82) is 0 Å². The molecule has 2 aromatic heterocycles. The third kappa shape index (κ3) is 3.47. The molecule has 0 spiro atoms. The Morgan fingerprint density at radius 2 is 1.69 bits per heavy atom.